The van der Waals surface area contributed by atoms with E-state index in [9.17, 15) is 9.59 Å². The van der Waals surface area contributed by atoms with Gasteiger partial charge in [0, 0.05) is 17.8 Å². The van der Waals surface area contributed by atoms with Gasteiger partial charge in [-0.1, -0.05) is 0 Å². The largest absolute Gasteiger partial charge is 0.497 e. The van der Waals surface area contributed by atoms with E-state index in [4.69, 9.17) is 9.47 Å². The number of carbonyl (C=O) groups is 2. The first kappa shape index (κ1) is 14.6. The lowest BCUT2D eigenvalue weighted by molar-refractivity contribution is 0.101. The molecule has 2 rings (SSSR count). The van der Waals surface area contributed by atoms with E-state index in [-0.39, 0.29) is 11.7 Å². The minimum atomic E-state index is -0.356. The molecule has 0 aliphatic rings. The van der Waals surface area contributed by atoms with Gasteiger partial charge in [-0.25, -0.2) is 0 Å². The minimum Gasteiger partial charge on any atom is -0.497 e. The number of aromatic nitrogens is 1. The molecule has 6 nitrogen and oxygen atoms in total. The highest BCUT2D eigenvalue weighted by Gasteiger charge is 2.13. The van der Waals surface area contributed by atoms with Crippen LogP contribution in [0.2, 0.25) is 0 Å². The monoisotopic (exact) mass is 288 g/mol. The molecule has 0 radical (unpaired) electrons. The summed E-state index contributed by atoms with van der Waals surface area (Å²) in [5, 5.41) is 2.72. The molecule has 0 atom stereocenters. The van der Waals surface area contributed by atoms with E-state index >= 15 is 0 Å². The standard InChI is InChI=1S/C15H16N2O4/c1-9(18)10-6-13(16-8-10)15(19)17-12-5-4-11(20-2)7-14(12)21-3/h4-8,16H,1-3H3,(H,17,19). The Morgan fingerprint density at radius 2 is 1.90 bits per heavy atom. The van der Waals surface area contributed by atoms with Crippen LogP contribution in [0.5, 0.6) is 11.5 Å². The zero-order valence-corrected chi connectivity index (χ0v) is 12.0. The quantitative estimate of drug-likeness (QED) is 0.828. The molecular formula is C15H16N2O4. The number of benzene rings is 1. The lowest BCUT2D eigenvalue weighted by Crippen LogP contribution is -2.13. The third-order valence-corrected chi connectivity index (χ3v) is 2.99. The first-order valence-corrected chi connectivity index (χ1v) is 6.28. The SMILES string of the molecule is COc1ccc(NC(=O)c2cc(C(C)=O)c[nH]2)c(OC)c1. The molecule has 2 N–H and O–H groups in total. The van der Waals surface area contributed by atoms with Gasteiger partial charge in [-0.15, -0.1) is 0 Å². The molecule has 0 aliphatic carbocycles. The average molecular weight is 288 g/mol. The van der Waals surface area contributed by atoms with Gasteiger partial charge in [0.15, 0.2) is 5.78 Å². The number of Topliss-reactive ketones (excluding diaryl/α,β-unsaturated/α-hetero) is 1. The fourth-order valence-electron chi connectivity index (χ4n) is 1.82. The molecule has 0 spiro atoms. The molecule has 1 heterocycles. The van der Waals surface area contributed by atoms with Gasteiger partial charge in [0.2, 0.25) is 0 Å². The maximum atomic E-state index is 12.1. The van der Waals surface area contributed by atoms with E-state index in [1.165, 1.54) is 26.3 Å². The lowest BCUT2D eigenvalue weighted by atomic mass is 10.2. The molecule has 1 aromatic heterocycles. The number of hydrogen-bond acceptors (Lipinski definition) is 4. The Hall–Kier alpha value is -2.76. The average Bonchev–Trinajstić information content (AvgIpc) is 2.97. The van der Waals surface area contributed by atoms with Crippen molar-refractivity contribution in [3.63, 3.8) is 0 Å². The van der Waals surface area contributed by atoms with Crippen molar-refractivity contribution in [3.05, 3.63) is 41.7 Å². The smallest absolute Gasteiger partial charge is 0.272 e. The summed E-state index contributed by atoms with van der Waals surface area (Å²) >= 11 is 0. The number of hydrogen-bond donors (Lipinski definition) is 2. The zero-order chi connectivity index (χ0) is 15.4. The summed E-state index contributed by atoms with van der Waals surface area (Å²) in [5.41, 5.74) is 1.28. The highest BCUT2D eigenvalue weighted by Crippen LogP contribution is 2.29. The van der Waals surface area contributed by atoms with E-state index in [0.29, 0.717) is 28.4 Å². The summed E-state index contributed by atoms with van der Waals surface area (Å²) in [5.74, 6) is 0.655. The van der Waals surface area contributed by atoms with Gasteiger partial charge in [-0.2, -0.15) is 0 Å². The molecule has 0 saturated heterocycles. The van der Waals surface area contributed by atoms with Crippen LogP contribution >= 0.6 is 0 Å². The lowest BCUT2D eigenvalue weighted by Gasteiger charge is -2.11. The maximum Gasteiger partial charge on any atom is 0.272 e. The van der Waals surface area contributed by atoms with Gasteiger partial charge in [-0.3, -0.25) is 9.59 Å². The van der Waals surface area contributed by atoms with Crippen molar-refractivity contribution in [1.29, 1.82) is 0 Å². The van der Waals surface area contributed by atoms with E-state index in [1.807, 2.05) is 0 Å². The third-order valence-electron chi connectivity index (χ3n) is 2.99. The summed E-state index contributed by atoms with van der Waals surface area (Å²) in [7, 11) is 3.06. The van der Waals surface area contributed by atoms with E-state index in [2.05, 4.69) is 10.3 Å². The summed E-state index contributed by atoms with van der Waals surface area (Å²) in [4.78, 5) is 26.1. The Bertz CT molecular complexity index is 676. The van der Waals surface area contributed by atoms with E-state index in [1.54, 1.807) is 25.3 Å². The number of carbonyl (C=O) groups excluding carboxylic acids is 2. The molecule has 0 fully saturated rings. The first-order valence-electron chi connectivity index (χ1n) is 6.28. The normalized spacial score (nSPS) is 10.0. The second kappa shape index (κ2) is 6.13. The number of amides is 1. The van der Waals surface area contributed by atoms with Crippen molar-refractivity contribution in [2.24, 2.45) is 0 Å². The van der Waals surface area contributed by atoms with E-state index in [0.717, 1.165) is 0 Å². The van der Waals surface area contributed by atoms with Crippen LogP contribution < -0.4 is 14.8 Å². The summed E-state index contributed by atoms with van der Waals surface area (Å²) in [6.45, 7) is 1.44. The number of methoxy groups -OCH3 is 2. The number of anilines is 1. The van der Waals surface area contributed by atoms with Crippen LogP contribution in [0.25, 0.3) is 0 Å². The van der Waals surface area contributed by atoms with Crippen LogP contribution in [0.4, 0.5) is 5.69 Å². The predicted octanol–water partition coefficient (Wildman–Crippen LogP) is 2.49. The highest BCUT2D eigenvalue weighted by atomic mass is 16.5. The van der Waals surface area contributed by atoms with Crippen molar-refractivity contribution >= 4 is 17.4 Å². The molecule has 1 aromatic carbocycles. The second-order valence-electron chi connectivity index (χ2n) is 4.38. The minimum absolute atomic E-state index is 0.104. The van der Waals surface area contributed by atoms with Gasteiger partial charge in [0.1, 0.15) is 17.2 Å². The molecule has 110 valence electrons. The Balaban J connectivity index is 2.20. The van der Waals surface area contributed by atoms with Gasteiger partial charge in [-0.05, 0) is 25.1 Å². The number of aromatic amines is 1. The third kappa shape index (κ3) is 3.22. The number of H-pyrrole nitrogens is 1. The van der Waals surface area contributed by atoms with Crippen molar-refractivity contribution in [1.82, 2.24) is 4.98 Å². The Kier molecular flexibility index (Phi) is 4.27. The first-order chi connectivity index (χ1) is 10.0. The predicted molar refractivity (Wildman–Crippen MR) is 78.3 cm³/mol. The van der Waals surface area contributed by atoms with Crippen LogP contribution in [0.3, 0.4) is 0 Å². The highest BCUT2D eigenvalue weighted by molar-refractivity contribution is 6.05. The molecule has 0 aliphatic heterocycles. The molecule has 1 amide bonds. The van der Waals surface area contributed by atoms with Gasteiger partial charge in [0.25, 0.3) is 5.91 Å². The Labute approximate surface area is 122 Å². The Morgan fingerprint density at radius 1 is 1.14 bits per heavy atom. The fourth-order valence-corrected chi connectivity index (χ4v) is 1.82. The van der Waals surface area contributed by atoms with Crippen molar-refractivity contribution in [2.75, 3.05) is 19.5 Å². The molecule has 0 bridgehead atoms. The molecular weight excluding hydrogens is 272 g/mol. The van der Waals surface area contributed by atoms with Crippen molar-refractivity contribution in [2.45, 2.75) is 6.92 Å². The number of nitrogens with one attached hydrogen (secondary N) is 2. The molecule has 0 saturated carbocycles. The van der Waals surface area contributed by atoms with Crippen LogP contribution in [0, 0.1) is 0 Å². The van der Waals surface area contributed by atoms with Crippen molar-refractivity contribution < 1.29 is 19.1 Å². The number of rotatable bonds is 5. The maximum absolute atomic E-state index is 12.1. The summed E-state index contributed by atoms with van der Waals surface area (Å²) < 4.78 is 10.3. The van der Waals surface area contributed by atoms with Crippen LogP contribution in [0.1, 0.15) is 27.8 Å². The molecule has 21 heavy (non-hydrogen) atoms. The van der Waals surface area contributed by atoms with Gasteiger partial charge >= 0.3 is 0 Å². The molecule has 6 heteroatoms. The Morgan fingerprint density at radius 3 is 2.48 bits per heavy atom. The van der Waals surface area contributed by atoms with Gasteiger partial charge in [0.05, 0.1) is 19.9 Å². The topological polar surface area (TPSA) is 80.4 Å². The summed E-state index contributed by atoms with van der Waals surface area (Å²) in [6, 6.07) is 6.58. The zero-order valence-electron chi connectivity index (χ0n) is 12.0. The van der Waals surface area contributed by atoms with Crippen molar-refractivity contribution in [3.8, 4) is 11.5 Å². The molecule has 2 aromatic rings. The number of ether oxygens (including phenoxy) is 2. The van der Waals surface area contributed by atoms with Gasteiger partial charge < -0.3 is 19.8 Å². The van der Waals surface area contributed by atoms with Crippen LogP contribution in [-0.4, -0.2) is 30.9 Å². The number of ketones is 1. The fraction of sp³-hybridized carbons (Fsp3) is 0.200. The van der Waals surface area contributed by atoms with Crippen LogP contribution in [-0.2, 0) is 0 Å². The molecule has 0 unspecified atom stereocenters. The second-order valence-corrected chi connectivity index (χ2v) is 4.38. The van der Waals surface area contributed by atoms with E-state index < -0.39 is 0 Å². The van der Waals surface area contributed by atoms with Crippen LogP contribution in [0.15, 0.2) is 30.5 Å². The summed E-state index contributed by atoms with van der Waals surface area (Å²) in [6.07, 6.45) is 1.50.